The van der Waals surface area contributed by atoms with E-state index in [1.807, 2.05) is 0 Å². The van der Waals surface area contributed by atoms with E-state index in [0.717, 1.165) is 12.3 Å². The van der Waals surface area contributed by atoms with Crippen LogP contribution in [0.15, 0.2) is 60.7 Å². The lowest BCUT2D eigenvalue weighted by Crippen LogP contribution is -2.01. The summed E-state index contributed by atoms with van der Waals surface area (Å²) in [7, 11) is 0. The van der Waals surface area contributed by atoms with Crippen LogP contribution in [0.2, 0.25) is 0 Å². The number of allylic oxidation sites excluding steroid dienone is 2. The van der Waals surface area contributed by atoms with Crippen molar-refractivity contribution in [3.63, 3.8) is 0 Å². The molecule has 0 aromatic heterocycles. The second kappa shape index (κ2) is 6.09. The van der Waals surface area contributed by atoms with Crippen LogP contribution in [0, 0.1) is 6.92 Å². The summed E-state index contributed by atoms with van der Waals surface area (Å²) in [5.41, 5.74) is 5.63. The van der Waals surface area contributed by atoms with Gasteiger partial charge in [-0.05, 0) is 55.2 Å². The molecule has 1 atom stereocenters. The lowest BCUT2D eigenvalue weighted by atomic mass is 9.87. The van der Waals surface area contributed by atoms with Crippen molar-refractivity contribution in [2.75, 3.05) is 0 Å². The normalized spacial score (nSPS) is 18.1. The average molecular weight is 262 g/mol. The third kappa shape index (κ3) is 3.19. The van der Waals surface area contributed by atoms with Gasteiger partial charge in [-0.2, -0.15) is 0 Å². The smallest absolute Gasteiger partial charge is 0.00258 e. The van der Waals surface area contributed by atoms with Gasteiger partial charge in [-0.3, -0.25) is 0 Å². The molecule has 0 spiro atoms. The molecule has 20 heavy (non-hydrogen) atoms. The molecule has 0 aliphatic heterocycles. The largest absolute Gasteiger partial charge is 0.0885 e. The third-order valence-electron chi connectivity index (χ3n) is 4.25. The summed E-state index contributed by atoms with van der Waals surface area (Å²) in [6, 6.07) is 18.1. The quantitative estimate of drug-likeness (QED) is 0.649. The summed E-state index contributed by atoms with van der Waals surface area (Å²) in [5, 5.41) is 0. The van der Waals surface area contributed by atoms with Crippen molar-refractivity contribution in [1.82, 2.24) is 0 Å². The molecular formula is C20H22. The predicted octanol–water partition coefficient (Wildman–Crippen LogP) is 5.41. The summed E-state index contributed by atoms with van der Waals surface area (Å²) >= 11 is 0. The Labute approximate surface area is 122 Å². The lowest BCUT2D eigenvalue weighted by molar-refractivity contribution is 0.617. The standard InChI is InChI=1S/C20H22/c1-16-7-9-17(10-8-16)15-18-11-13-20(14-12-18)19-5-3-2-4-6-19/h2-3,7-14,19H,4-6,15H2,1H3. The Morgan fingerprint density at radius 2 is 1.50 bits per heavy atom. The van der Waals surface area contributed by atoms with Crippen molar-refractivity contribution in [2.24, 2.45) is 0 Å². The number of benzene rings is 2. The molecule has 102 valence electrons. The fraction of sp³-hybridized carbons (Fsp3) is 0.300. The zero-order chi connectivity index (χ0) is 13.8. The first-order valence-corrected chi connectivity index (χ1v) is 7.60. The van der Waals surface area contributed by atoms with Crippen LogP contribution in [0.5, 0.6) is 0 Å². The van der Waals surface area contributed by atoms with Crippen LogP contribution in [-0.2, 0) is 6.42 Å². The van der Waals surface area contributed by atoms with E-state index in [2.05, 4.69) is 67.6 Å². The van der Waals surface area contributed by atoms with Gasteiger partial charge in [-0.15, -0.1) is 0 Å². The summed E-state index contributed by atoms with van der Waals surface area (Å²) in [4.78, 5) is 0. The molecule has 0 nitrogen and oxygen atoms in total. The van der Waals surface area contributed by atoms with Crippen molar-refractivity contribution in [1.29, 1.82) is 0 Å². The molecule has 0 saturated carbocycles. The van der Waals surface area contributed by atoms with E-state index >= 15 is 0 Å². The fourth-order valence-corrected chi connectivity index (χ4v) is 2.95. The molecular weight excluding hydrogens is 240 g/mol. The van der Waals surface area contributed by atoms with E-state index in [1.54, 1.807) is 0 Å². The van der Waals surface area contributed by atoms with Gasteiger partial charge in [0.05, 0.1) is 0 Å². The van der Waals surface area contributed by atoms with Crippen molar-refractivity contribution >= 4 is 0 Å². The number of hydrogen-bond donors (Lipinski definition) is 0. The number of aryl methyl sites for hydroxylation is 1. The van der Waals surface area contributed by atoms with E-state index in [-0.39, 0.29) is 0 Å². The number of rotatable bonds is 3. The molecule has 0 heteroatoms. The van der Waals surface area contributed by atoms with E-state index in [9.17, 15) is 0 Å². The summed E-state index contributed by atoms with van der Waals surface area (Å²) in [6.45, 7) is 2.14. The Morgan fingerprint density at radius 3 is 2.10 bits per heavy atom. The van der Waals surface area contributed by atoms with Crippen molar-refractivity contribution in [3.05, 3.63) is 82.9 Å². The van der Waals surface area contributed by atoms with Crippen molar-refractivity contribution < 1.29 is 0 Å². The highest BCUT2D eigenvalue weighted by molar-refractivity contribution is 5.31. The molecule has 1 aliphatic rings. The van der Waals surface area contributed by atoms with Gasteiger partial charge in [0.1, 0.15) is 0 Å². The Balaban J connectivity index is 1.69. The molecule has 0 heterocycles. The Hall–Kier alpha value is -1.82. The summed E-state index contributed by atoms with van der Waals surface area (Å²) in [5.74, 6) is 0.730. The Bertz CT molecular complexity index is 572. The minimum atomic E-state index is 0.730. The topological polar surface area (TPSA) is 0 Å². The van der Waals surface area contributed by atoms with E-state index in [1.165, 1.54) is 41.5 Å². The zero-order valence-corrected chi connectivity index (χ0v) is 12.2. The van der Waals surface area contributed by atoms with Crippen molar-refractivity contribution in [3.8, 4) is 0 Å². The molecule has 0 bridgehead atoms. The first kappa shape index (κ1) is 13.2. The maximum atomic E-state index is 2.33. The van der Waals surface area contributed by atoms with Crippen LogP contribution in [0.4, 0.5) is 0 Å². The first-order valence-electron chi connectivity index (χ1n) is 7.60. The van der Waals surface area contributed by atoms with Crippen molar-refractivity contribution in [2.45, 2.75) is 38.5 Å². The average Bonchev–Trinajstić information content (AvgIpc) is 2.51. The summed E-state index contributed by atoms with van der Waals surface area (Å²) in [6.07, 6.45) is 9.41. The van der Waals surface area contributed by atoms with E-state index in [0.29, 0.717) is 0 Å². The van der Waals surface area contributed by atoms with Crippen LogP contribution in [0.1, 0.15) is 47.4 Å². The zero-order valence-electron chi connectivity index (χ0n) is 12.2. The molecule has 2 aromatic carbocycles. The minimum absolute atomic E-state index is 0.730. The molecule has 3 rings (SSSR count). The maximum Gasteiger partial charge on any atom is -0.00258 e. The second-order valence-corrected chi connectivity index (χ2v) is 5.89. The molecule has 1 unspecified atom stereocenters. The van der Waals surface area contributed by atoms with Gasteiger partial charge in [0.25, 0.3) is 0 Å². The molecule has 0 radical (unpaired) electrons. The molecule has 2 aromatic rings. The highest BCUT2D eigenvalue weighted by Gasteiger charge is 2.11. The fourth-order valence-electron chi connectivity index (χ4n) is 2.95. The van der Waals surface area contributed by atoms with Crippen LogP contribution in [0.3, 0.4) is 0 Å². The third-order valence-corrected chi connectivity index (χ3v) is 4.25. The van der Waals surface area contributed by atoms with E-state index in [4.69, 9.17) is 0 Å². The number of hydrogen-bond acceptors (Lipinski definition) is 0. The lowest BCUT2D eigenvalue weighted by Gasteiger charge is -2.18. The minimum Gasteiger partial charge on any atom is -0.0885 e. The monoisotopic (exact) mass is 262 g/mol. The molecule has 1 aliphatic carbocycles. The van der Waals surface area contributed by atoms with Gasteiger partial charge in [-0.25, -0.2) is 0 Å². The van der Waals surface area contributed by atoms with Gasteiger partial charge in [0.2, 0.25) is 0 Å². The Morgan fingerprint density at radius 1 is 0.850 bits per heavy atom. The van der Waals surface area contributed by atoms with Crippen LogP contribution in [-0.4, -0.2) is 0 Å². The van der Waals surface area contributed by atoms with Gasteiger partial charge < -0.3 is 0 Å². The maximum absolute atomic E-state index is 2.33. The van der Waals surface area contributed by atoms with E-state index < -0.39 is 0 Å². The molecule has 0 saturated heterocycles. The van der Waals surface area contributed by atoms with Gasteiger partial charge in [-0.1, -0.05) is 66.2 Å². The highest BCUT2D eigenvalue weighted by Crippen LogP contribution is 2.29. The predicted molar refractivity (Wildman–Crippen MR) is 86.2 cm³/mol. The van der Waals surface area contributed by atoms with Crippen LogP contribution >= 0.6 is 0 Å². The first-order chi connectivity index (χ1) is 9.81. The van der Waals surface area contributed by atoms with Gasteiger partial charge in [0.15, 0.2) is 0 Å². The van der Waals surface area contributed by atoms with Gasteiger partial charge in [0, 0.05) is 0 Å². The highest BCUT2D eigenvalue weighted by atomic mass is 14.2. The Kier molecular flexibility index (Phi) is 4.01. The molecule has 0 fully saturated rings. The van der Waals surface area contributed by atoms with Gasteiger partial charge >= 0.3 is 0 Å². The molecule has 0 amide bonds. The SMILES string of the molecule is Cc1ccc(Cc2ccc(C3CC=CCC3)cc2)cc1. The molecule has 0 N–H and O–H groups in total. The second-order valence-electron chi connectivity index (χ2n) is 5.89. The van der Waals surface area contributed by atoms with Crippen LogP contribution < -0.4 is 0 Å². The summed E-state index contributed by atoms with van der Waals surface area (Å²) < 4.78 is 0. The van der Waals surface area contributed by atoms with Crippen LogP contribution in [0.25, 0.3) is 0 Å².